The third kappa shape index (κ3) is 2.09. The summed E-state index contributed by atoms with van der Waals surface area (Å²) in [7, 11) is 1.43. The van der Waals surface area contributed by atoms with Crippen molar-refractivity contribution in [2.24, 2.45) is 5.92 Å². The number of carbonyl (C=O) groups is 1. The molecule has 0 saturated carbocycles. The van der Waals surface area contributed by atoms with Crippen LogP contribution >= 0.6 is 0 Å². The van der Waals surface area contributed by atoms with Crippen molar-refractivity contribution in [3.8, 4) is 0 Å². The molecule has 2 aliphatic heterocycles. The van der Waals surface area contributed by atoms with Gasteiger partial charge in [0.1, 0.15) is 0 Å². The van der Waals surface area contributed by atoms with E-state index in [1.54, 1.807) is 4.90 Å². The Kier molecular flexibility index (Phi) is 3.14. The van der Waals surface area contributed by atoms with Crippen LogP contribution in [0.4, 0.5) is 4.79 Å². The van der Waals surface area contributed by atoms with E-state index in [9.17, 15) is 4.79 Å². The van der Waals surface area contributed by atoms with Gasteiger partial charge in [0.15, 0.2) is 0 Å². The van der Waals surface area contributed by atoms with Gasteiger partial charge in [0.05, 0.1) is 19.8 Å². The Labute approximate surface area is 90.5 Å². The van der Waals surface area contributed by atoms with Gasteiger partial charge in [-0.2, -0.15) is 0 Å². The van der Waals surface area contributed by atoms with Crippen molar-refractivity contribution < 1.29 is 14.3 Å². The molecule has 85 valence electrons. The first-order chi connectivity index (χ1) is 7.22. The molecule has 2 fully saturated rings. The standard InChI is InChI=1S/C11H18NO3/c1-8-7-15-10(8)9-3-5-12(6-4-9)11(13)14-2/h9-10H,3-7H2,1-2H3. The molecular weight excluding hydrogens is 194 g/mol. The van der Waals surface area contributed by atoms with E-state index in [4.69, 9.17) is 9.47 Å². The summed E-state index contributed by atoms with van der Waals surface area (Å²) >= 11 is 0. The second-order valence-corrected chi connectivity index (χ2v) is 4.37. The summed E-state index contributed by atoms with van der Waals surface area (Å²) in [6.07, 6.45) is 2.20. The van der Waals surface area contributed by atoms with Gasteiger partial charge in [0, 0.05) is 19.0 Å². The van der Waals surface area contributed by atoms with Gasteiger partial charge >= 0.3 is 6.09 Å². The highest BCUT2D eigenvalue weighted by molar-refractivity contribution is 5.67. The van der Waals surface area contributed by atoms with Crippen molar-refractivity contribution in [2.75, 3.05) is 26.8 Å². The molecule has 0 aromatic carbocycles. The van der Waals surface area contributed by atoms with Gasteiger partial charge in [-0.3, -0.25) is 0 Å². The van der Waals surface area contributed by atoms with Gasteiger partial charge in [-0.05, 0) is 18.8 Å². The predicted octanol–water partition coefficient (Wildman–Crippen LogP) is 1.46. The van der Waals surface area contributed by atoms with E-state index in [0.29, 0.717) is 12.0 Å². The first-order valence-corrected chi connectivity index (χ1v) is 5.49. The van der Waals surface area contributed by atoms with E-state index >= 15 is 0 Å². The Morgan fingerprint density at radius 1 is 1.47 bits per heavy atom. The minimum absolute atomic E-state index is 0.205. The highest BCUT2D eigenvalue weighted by Gasteiger charge is 2.37. The number of methoxy groups -OCH3 is 1. The lowest BCUT2D eigenvalue weighted by molar-refractivity contribution is -0.0679. The van der Waals surface area contributed by atoms with Crippen LogP contribution in [-0.2, 0) is 9.47 Å². The lowest BCUT2D eigenvalue weighted by Crippen LogP contribution is -2.47. The van der Waals surface area contributed by atoms with Gasteiger partial charge < -0.3 is 14.4 Å². The molecule has 2 aliphatic rings. The van der Waals surface area contributed by atoms with E-state index in [-0.39, 0.29) is 6.09 Å². The Bertz CT molecular complexity index is 236. The maximum atomic E-state index is 11.3. The third-order valence-corrected chi connectivity index (χ3v) is 3.38. The number of carbonyl (C=O) groups excluding carboxylic acids is 1. The van der Waals surface area contributed by atoms with Crippen molar-refractivity contribution in [2.45, 2.75) is 25.9 Å². The lowest BCUT2D eigenvalue weighted by atomic mass is 9.82. The van der Waals surface area contributed by atoms with Crippen LogP contribution < -0.4 is 0 Å². The summed E-state index contributed by atoms with van der Waals surface area (Å²) in [6, 6.07) is 0. The number of hydrogen-bond donors (Lipinski definition) is 0. The molecule has 15 heavy (non-hydrogen) atoms. The fourth-order valence-electron chi connectivity index (χ4n) is 2.40. The number of ether oxygens (including phenoxy) is 2. The summed E-state index contributed by atoms with van der Waals surface area (Å²) in [6.45, 7) is 4.57. The van der Waals surface area contributed by atoms with Crippen molar-refractivity contribution in [3.05, 3.63) is 5.92 Å². The smallest absolute Gasteiger partial charge is 0.409 e. The van der Waals surface area contributed by atoms with Gasteiger partial charge in [-0.15, -0.1) is 0 Å². The molecule has 4 heteroatoms. The predicted molar refractivity (Wildman–Crippen MR) is 55.4 cm³/mol. The van der Waals surface area contributed by atoms with Crippen molar-refractivity contribution in [1.29, 1.82) is 0 Å². The van der Waals surface area contributed by atoms with Crippen molar-refractivity contribution in [3.63, 3.8) is 0 Å². The molecule has 1 amide bonds. The second-order valence-electron chi connectivity index (χ2n) is 4.37. The highest BCUT2D eigenvalue weighted by atomic mass is 16.5. The van der Waals surface area contributed by atoms with E-state index in [1.165, 1.54) is 13.0 Å². The molecule has 0 aromatic heterocycles. The fraction of sp³-hybridized carbons (Fsp3) is 0.818. The normalized spacial score (nSPS) is 28.7. The van der Waals surface area contributed by atoms with E-state index in [2.05, 4.69) is 6.92 Å². The molecule has 2 saturated heterocycles. The first-order valence-electron chi connectivity index (χ1n) is 5.49. The molecule has 0 spiro atoms. The van der Waals surface area contributed by atoms with Crippen LogP contribution in [0.3, 0.4) is 0 Å². The van der Waals surface area contributed by atoms with Crippen LogP contribution in [0.5, 0.6) is 0 Å². The highest BCUT2D eigenvalue weighted by Crippen LogP contribution is 2.34. The molecule has 4 nitrogen and oxygen atoms in total. The molecular formula is C11H18NO3. The average Bonchev–Trinajstić information content (AvgIpc) is 2.27. The number of nitrogens with zero attached hydrogens (tertiary/aromatic N) is 1. The molecule has 0 bridgehead atoms. The Morgan fingerprint density at radius 2 is 2.13 bits per heavy atom. The van der Waals surface area contributed by atoms with Crippen LogP contribution in [0.25, 0.3) is 0 Å². The first kappa shape index (κ1) is 10.7. The van der Waals surface area contributed by atoms with Gasteiger partial charge in [0.2, 0.25) is 0 Å². The zero-order valence-corrected chi connectivity index (χ0v) is 9.36. The summed E-state index contributed by atoms with van der Waals surface area (Å²) in [5.41, 5.74) is 0. The quantitative estimate of drug-likeness (QED) is 0.660. The van der Waals surface area contributed by atoms with Crippen LogP contribution in [-0.4, -0.2) is 43.9 Å². The van der Waals surface area contributed by atoms with Crippen molar-refractivity contribution in [1.82, 2.24) is 4.90 Å². The molecule has 1 unspecified atom stereocenters. The summed E-state index contributed by atoms with van der Waals surface area (Å²) < 4.78 is 10.2. The van der Waals surface area contributed by atoms with Crippen LogP contribution in [0.2, 0.25) is 0 Å². The lowest BCUT2D eigenvalue weighted by Gasteiger charge is -2.43. The fourth-order valence-corrected chi connectivity index (χ4v) is 2.40. The van der Waals surface area contributed by atoms with E-state index in [1.807, 2.05) is 0 Å². The maximum absolute atomic E-state index is 11.3. The zero-order chi connectivity index (χ0) is 10.8. The summed E-state index contributed by atoms with van der Waals surface area (Å²) in [4.78, 5) is 13.0. The summed E-state index contributed by atoms with van der Waals surface area (Å²) in [5, 5.41) is 0. The van der Waals surface area contributed by atoms with E-state index < -0.39 is 0 Å². The number of likely N-dealkylation sites (tertiary alicyclic amines) is 1. The summed E-state index contributed by atoms with van der Waals surface area (Å²) in [5.74, 6) is 2.05. The van der Waals surface area contributed by atoms with Gasteiger partial charge in [-0.25, -0.2) is 4.79 Å². The van der Waals surface area contributed by atoms with E-state index in [0.717, 1.165) is 32.5 Å². The third-order valence-electron chi connectivity index (χ3n) is 3.38. The van der Waals surface area contributed by atoms with Crippen LogP contribution in [0.15, 0.2) is 0 Å². The molecule has 2 heterocycles. The SMILES string of the molecule is COC(=O)N1CCC(C2OC[C]2C)CC1. The number of piperidine rings is 1. The minimum Gasteiger partial charge on any atom is -0.453 e. The largest absolute Gasteiger partial charge is 0.453 e. The van der Waals surface area contributed by atoms with Gasteiger partial charge in [-0.1, -0.05) is 6.92 Å². The Balaban J connectivity index is 1.79. The number of hydrogen-bond acceptors (Lipinski definition) is 3. The zero-order valence-electron chi connectivity index (χ0n) is 9.36. The Hall–Kier alpha value is -0.770. The second kappa shape index (κ2) is 4.39. The topological polar surface area (TPSA) is 38.8 Å². The average molecular weight is 212 g/mol. The molecule has 0 aromatic rings. The molecule has 2 rings (SSSR count). The molecule has 0 aliphatic carbocycles. The van der Waals surface area contributed by atoms with Crippen LogP contribution in [0, 0.1) is 11.8 Å². The maximum Gasteiger partial charge on any atom is 0.409 e. The molecule has 1 atom stereocenters. The number of rotatable bonds is 1. The van der Waals surface area contributed by atoms with Crippen LogP contribution in [0.1, 0.15) is 19.8 Å². The minimum atomic E-state index is -0.205. The monoisotopic (exact) mass is 212 g/mol. The Morgan fingerprint density at radius 3 is 2.53 bits per heavy atom. The van der Waals surface area contributed by atoms with Gasteiger partial charge in [0.25, 0.3) is 0 Å². The van der Waals surface area contributed by atoms with Crippen molar-refractivity contribution >= 4 is 6.09 Å². The molecule has 0 N–H and O–H groups in total. The number of amides is 1. The molecule has 1 radical (unpaired) electrons.